The van der Waals surface area contributed by atoms with E-state index >= 15 is 0 Å². The normalized spacial score (nSPS) is 28.0. The van der Waals surface area contributed by atoms with Crippen LogP contribution in [0, 0.1) is 0 Å². The highest BCUT2D eigenvalue weighted by Gasteiger charge is 2.22. The van der Waals surface area contributed by atoms with Crippen LogP contribution in [0.2, 0.25) is 0 Å². The Hall–Kier alpha value is -0.480. The van der Waals surface area contributed by atoms with Gasteiger partial charge in [-0.2, -0.15) is 0 Å². The maximum atomic E-state index is 11.8. The van der Waals surface area contributed by atoms with Crippen LogP contribution in [0.15, 0.2) is 12.2 Å². The zero-order valence-electron chi connectivity index (χ0n) is 11.0. The number of carbonyl (C=O) groups excluding carboxylic acids is 1. The topological polar surface area (TPSA) is 55.1 Å². The van der Waals surface area contributed by atoms with Crippen LogP contribution in [0.5, 0.6) is 0 Å². The molecule has 0 heterocycles. The van der Waals surface area contributed by atoms with Crippen molar-refractivity contribution in [2.75, 3.05) is 0 Å². The molecule has 1 rings (SSSR count). The largest absolute Gasteiger partial charge is 0.342 e. The van der Waals surface area contributed by atoms with Crippen LogP contribution in [0.1, 0.15) is 46.5 Å². The summed E-state index contributed by atoms with van der Waals surface area (Å²) in [6.07, 6.45) is 8.53. The lowest BCUT2D eigenvalue weighted by Gasteiger charge is -2.26. The van der Waals surface area contributed by atoms with Crippen molar-refractivity contribution in [2.24, 2.45) is 5.73 Å². The van der Waals surface area contributed by atoms with E-state index < -0.39 is 0 Å². The first-order chi connectivity index (χ1) is 7.88. The molecule has 4 heteroatoms. The highest BCUT2D eigenvalue weighted by Crippen LogP contribution is 2.24. The van der Waals surface area contributed by atoms with E-state index in [2.05, 4.69) is 11.4 Å². The fourth-order valence-electron chi connectivity index (χ4n) is 1.83. The number of rotatable bonds is 1. The molecule has 1 aliphatic carbocycles. The highest BCUT2D eigenvalue weighted by molar-refractivity contribution is 8.14. The molecule has 98 valence electrons. The number of allylic oxidation sites excluding steroid dienone is 1. The maximum Gasteiger partial charge on any atom is 0.279 e. The second kappa shape index (κ2) is 6.45. The summed E-state index contributed by atoms with van der Waals surface area (Å²) < 4.78 is -0.0500. The lowest BCUT2D eigenvalue weighted by Crippen LogP contribution is -2.46. The molecular formula is C13H24N2OS. The quantitative estimate of drug-likeness (QED) is 0.709. The Morgan fingerprint density at radius 3 is 2.76 bits per heavy atom. The van der Waals surface area contributed by atoms with Crippen LogP contribution in [0.3, 0.4) is 0 Å². The zero-order valence-corrected chi connectivity index (χ0v) is 11.8. The van der Waals surface area contributed by atoms with E-state index in [0.717, 1.165) is 19.3 Å². The second-order valence-corrected chi connectivity index (χ2v) is 7.34. The van der Waals surface area contributed by atoms with Crippen molar-refractivity contribution >= 4 is 17.0 Å². The van der Waals surface area contributed by atoms with Crippen LogP contribution < -0.4 is 11.1 Å². The Morgan fingerprint density at radius 1 is 1.41 bits per heavy atom. The number of hydrogen-bond acceptors (Lipinski definition) is 3. The molecule has 1 aliphatic rings. The Balaban J connectivity index is 2.50. The second-order valence-electron chi connectivity index (χ2n) is 5.54. The van der Waals surface area contributed by atoms with Gasteiger partial charge < -0.3 is 11.1 Å². The minimum absolute atomic E-state index is 0.0342. The van der Waals surface area contributed by atoms with Crippen molar-refractivity contribution in [3.05, 3.63) is 12.2 Å². The summed E-state index contributed by atoms with van der Waals surface area (Å²) >= 11 is 1.33. The van der Waals surface area contributed by atoms with Gasteiger partial charge in [-0.1, -0.05) is 51.1 Å². The summed E-state index contributed by atoms with van der Waals surface area (Å²) in [4.78, 5) is 11.8. The third-order valence-electron chi connectivity index (χ3n) is 2.66. The number of hydrogen-bond donors (Lipinski definition) is 2. The van der Waals surface area contributed by atoms with Gasteiger partial charge in [0.2, 0.25) is 0 Å². The molecule has 2 atom stereocenters. The minimum atomic E-state index is -0.0557. The summed E-state index contributed by atoms with van der Waals surface area (Å²) in [5.74, 6) is 0. The third-order valence-corrected chi connectivity index (χ3v) is 3.58. The van der Waals surface area contributed by atoms with Gasteiger partial charge in [0, 0.05) is 16.8 Å². The monoisotopic (exact) mass is 256 g/mol. The van der Waals surface area contributed by atoms with E-state index in [1.807, 2.05) is 26.8 Å². The first-order valence-electron chi connectivity index (χ1n) is 6.30. The van der Waals surface area contributed by atoms with E-state index in [0.29, 0.717) is 0 Å². The number of thioether (sulfide) groups is 1. The molecule has 0 spiro atoms. The summed E-state index contributed by atoms with van der Waals surface area (Å²) in [5.41, 5.74) is 6.05. The first kappa shape index (κ1) is 14.6. The van der Waals surface area contributed by atoms with E-state index in [-0.39, 0.29) is 22.1 Å². The molecule has 17 heavy (non-hydrogen) atoms. The van der Waals surface area contributed by atoms with Crippen molar-refractivity contribution in [3.63, 3.8) is 0 Å². The van der Waals surface area contributed by atoms with Crippen molar-refractivity contribution in [1.82, 2.24) is 5.32 Å². The maximum absolute atomic E-state index is 11.8. The predicted octanol–water partition coefficient (Wildman–Crippen LogP) is 3.05. The molecule has 0 aromatic carbocycles. The highest BCUT2D eigenvalue weighted by atomic mass is 32.2. The molecule has 3 nitrogen and oxygen atoms in total. The predicted molar refractivity (Wildman–Crippen MR) is 75.2 cm³/mol. The van der Waals surface area contributed by atoms with Crippen LogP contribution in [-0.2, 0) is 0 Å². The van der Waals surface area contributed by atoms with Gasteiger partial charge in [-0.25, -0.2) is 0 Å². The van der Waals surface area contributed by atoms with Gasteiger partial charge in [0.1, 0.15) is 0 Å². The average Bonchev–Trinajstić information content (AvgIpc) is 2.15. The summed E-state index contributed by atoms with van der Waals surface area (Å²) in [5, 5.41) is 3.07. The molecule has 0 radical (unpaired) electrons. The van der Waals surface area contributed by atoms with E-state index in [1.165, 1.54) is 18.2 Å². The molecule has 1 amide bonds. The van der Waals surface area contributed by atoms with E-state index in [1.54, 1.807) is 0 Å². The summed E-state index contributed by atoms with van der Waals surface area (Å²) in [6, 6.07) is 0.0220. The molecule has 0 saturated carbocycles. The lowest BCUT2D eigenvalue weighted by molar-refractivity contribution is 0.254. The number of nitrogens with two attached hydrogens (primary N) is 1. The lowest BCUT2D eigenvalue weighted by atomic mass is 9.98. The molecule has 0 aliphatic heterocycles. The molecular weight excluding hydrogens is 232 g/mol. The smallest absolute Gasteiger partial charge is 0.279 e. The van der Waals surface area contributed by atoms with Crippen molar-refractivity contribution < 1.29 is 4.79 Å². The SMILES string of the molecule is CC(C)(C)SC(=O)N[C@@H]1CCCC/C=C/C1N. The van der Waals surface area contributed by atoms with Crippen LogP contribution in [0.25, 0.3) is 0 Å². The Morgan fingerprint density at radius 2 is 2.12 bits per heavy atom. The fraction of sp³-hybridized carbons (Fsp3) is 0.769. The van der Waals surface area contributed by atoms with Gasteiger partial charge in [-0.05, 0) is 19.3 Å². The molecule has 0 aromatic heterocycles. The molecule has 0 aromatic rings. The summed E-state index contributed by atoms with van der Waals surface area (Å²) in [7, 11) is 0. The molecule has 0 bridgehead atoms. The summed E-state index contributed by atoms with van der Waals surface area (Å²) in [6.45, 7) is 6.11. The van der Waals surface area contributed by atoms with Crippen LogP contribution in [-0.4, -0.2) is 22.1 Å². The molecule has 0 fully saturated rings. The number of carbonyl (C=O) groups is 1. The van der Waals surface area contributed by atoms with E-state index in [9.17, 15) is 4.79 Å². The Bertz CT molecular complexity index is 284. The fourth-order valence-corrected chi connectivity index (χ4v) is 2.60. The molecule has 0 saturated heterocycles. The van der Waals surface area contributed by atoms with Gasteiger partial charge in [0.05, 0.1) is 0 Å². The van der Waals surface area contributed by atoms with Gasteiger partial charge in [0.15, 0.2) is 0 Å². The first-order valence-corrected chi connectivity index (χ1v) is 7.12. The van der Waals surface area contributed by atoms with Crippen LogP contribution >= 0.6 is 11.8 Å². The van der Waals surface area contributed by atoms with Gasteiger partial charge in [0.25, 0.3) is 5.24 Å². The third kappa shape index (κ3) is 6.13. The number of nitrogens with one attached hydrogen (secondary N) is 1. The van der Waals surface area contributed by atoms with E-state index in [4.69, 9.17) is 5.73 Å². The standard InChI is InChI=1S/C13H24N2OS/c1-13(2,3)17-12(16)15-11-9-7-5-4-6-8-10(11)14/h6,8,10-11H,4-5,7,9,14H2,1-3H3,(H,15,16)/b8-6+/t10?,11-/m1/s1. The van der Waals surface area contributed by atoms with Crippen molar-refractivity contribution in [1.29, 1.82) is 0 Å². The minimum Gasteiger partial charge on any atom is -0.342 e. The zero-order chi connectivity index (χ0) is 12.9. The molecule has 3 N–H and O–H groups in total. The number of amides is 1. The van der Waals surface area contributed by atoms with Gasteiger partial charge >= 0.3 is 0 Å². The van der Waals surface area contributed by atoms with Gasteiger partial charge in [-0.15, -0.1) is 0 Å². The van der Waals surface area contributed by atoms with Crippen molar-refractivity contribution in [2.45, 2.75) is 63.3 Å². The average molecular weight is 256 g/mol. The van der Waals surface area contributed by atoms with Crippen molar-refractivity contribution in [3.8, 4) is 0 Å². The Labute approximate surface area is 109 Å². The van der Waals surface area contributed by atoms with Crippen LogP contribution in [0.4, 0.5) is 4.79 Å². The molecule has 1 unspecified atom stereocenters. The van der Waals surface area contributed by atoms with Gasteiger partial charge in [-0.3, -0.25) is 4.79 Å². The Kier molecular flexibility index (Phi) is 5.53.